The zero-order valence-corrected chi connectivity index (χ0v) is 14.8. The number of nitrogens with zero attached hydrogens (tertiary/aromatic N) is 2. The number of benzene rings is 1. The molecule has 19 heavy (non-hydrogen) atoms. The molecular formula is C13H12BrClIN3. The molecule has 2 rings (SSSR count). The highest BCUT2D eigenvalue weighted by Crippen LogP contribution is 2.28. The molecule has 0 unspecified atom stereocenters. The number of halogens is 3. The molecule has 0 aliphatic rings. The first-order valence-corrected chi connectivity index (χ1v) is 8.08. The predicted molar refractivity (Wildman–Crippen MR) is 91.2 cm³/mol. The van der Waals surface area contributed by atoms with E-state index in [1.807, 2.05) is 18.2 Å². The fourth-order valence-electron chi connectivity index (χ4n) is 1.68. The van der Waals surface area contributed by atoms with Gasteiger partial charge in [-0.1, -0.05) is 24.9 Å². The Labute approximate surface area is 139 Å². The monoisotopic (exact) mass is 451 g/mol. The highest BCUT2D eigenvalue weighted by Gasteiger charge is 2.09. The molecule has 0 spiro atoms. The van der Waals surface area contributed by atoms with Gasteiger partial charge in [0.15, 0.2) is 0 Å². The number of rotatable bonds is 4. The van der Waals surface area contributed by atoms with Crippen LogP contribution in [0.15, 0.2) is 29.0 Å². The second kappa shape index (κ2) is 6.85. The summed E-state index contributed by atoms with van der Waals surface area (Å²) in [6.45, 7) is 2.11. The maximum atomic E-state index is 6.13. The van der Waals surface area contributed by atoms with Crippen molar-refractivity contribution in [2.24, 2.45) is 0 Å². The van der Waals surface area contributed by atoms with Crippen molar-refractivity contribution in [3.63, 3.8) is 0 Å². The minimum absolute atomic E-state index is 0.518. The Balaban J connectivity index is 2.32. The Morgan fingerprint density at radius 1 is 1.37 bits per heavy atom. The third kappa shape index (κ3) is 3.79. The van der Waals surface area contributed by atoms with Crippen LogP contribution < -0.4 is 5.32 Å². The van der Waals surface area contributed by atoms with Crippen molar-refractivity contribution < 1.29 is 0 Å². The van der Waals surface area contributed by atoms with Crippen molar-refractivity contribution in [1.82, 2.24) is 9.97 Å². The van der Waals surface area contributed by atoms with Crippen LogP contribution >= 0.6 is 50.1 Å². The standard InChI is InChI=1S/C13H12BrClIN3/c1-2-3-9-12(15)17-7-18-13(9)19-8-4-5-11(16)10(14)6-8/h4-7H,2-3H2,1H3,(H,17,18,19). The number of aromatic nitrogens is 2. The van der Waals surface area contributed by atoms with E-state index in [1.54, 1.807) is 0 Å². The van der Waals surface area contributed by atoms with Crippen LogP contribution in [0.4, 0.5) is 11.5 Å². The van der Waals surface area contributed by atoms with Crippen LogP contribution in [-0.4, -0.2) is 9.97 Å². The molecule has 2 aromatic rings. The average Bonchev–Trinajstić information content (AvgIpc) is 2.38. The lowest BCUT2D eigenvalue weighted by Crippen LogP contribution is -2.01. The summed E-state index contributed by atoms with van der Waals surface area (Å²) in [7, 11) is 0. The molecule has 0 atom stereocenters. The van der Waals surface area contributed by atoms with E-state index in [9.17, 15) is 0 Å². The van der Waals surface area contributed by atoms with Gasteiger partial charge in [0.25, 0.3) is 0 Å². The first kappa shape index (κ1) is 15.0. The molecule has 6 heteroatoms. The van der Waals surface area contributed by atoms with Gasteiger partial charge in [0.05, 0.1) is 0 Å². The van der Waals surface area contributed by atoms with Gasteiger partial charge in [-0.15, -0.1) is 0 Å². The minimum Gasteiger partial charge on any atom is -0.340 e. The van der Waals surface area contributed by atoms with Crippen molar-refractivity contribution in [3.8, 4) is 0 Å². The molecule has 0 bridgehead atoms. The highest BCUT2D eigenvalue weighted by molar-refractivity contribution is 14.1. The lowest BCUT2D eigenvalue weighted by atomic mass is 10.2. The molecule has 0 saturated carbocycles. The lowest BCUT2D eigenvalue weighted by molar-refractivity contribution is 0.904. The van der Waals surface area contributed by atoms with E-state index in [0.29, 0.717) is 5.15 Å². The van der Waals surface area contributed by atoms with E-state index in [4.69, 9.17) is 11.6 Å². The maximum absolute atomic E-state index is 6.13. The van der Waals surface area contributed by atoms with Gasteiger partial charge >= 0.3 is 0 Å². The number of anilines is 2. The molecule has 1 heterocycles. The average molecular weight is 453 g/mol. The van der Waals surface area contributed by atoms with Crippen LogP contribution in [0.5, 0.6) is 0 Å². The van der Waals surface area contributed by atoms with Crippen molar-refractivity contribution in [2.45, 2.75) is 19.8 Å². The molecule has 1 N–H and O–H groups in total. The second-order valence-electron chi connectivity index (χ2n) is 4.00. The molecule has 0 fully saturated rings. The zero-order valence-electron chi connectivity index (χ0n) is 10.3. The third-order valence-electron chi connectivity index (χ3n) is 2.58. The molecule has 0 saturated heterocycles. The summed E-state index contributed by atoms with van der Waals surface area (Å²) in [6.07, 6.45) is 3.33. The van der Waals surface area contributed by atoms with E-state index in [1.165, 1.54) is 6.33 Å². The molecule has 0 amide bonds. The number of hydrogen-bond acceptors (Lipinski definition) is 3. The summed E-state index contributed by atoms with van der Waals surface area (Å²) in [5.41, 5.74) is 1.93. The fraction of sp³-hybridized carbons (Fsp3) is 0.231. The van der Waals surface area contributed by atoms with Gasteiger partial charge in [0.2, 0.25) is 0 Å². The molecule has 100 valence electrons. The Kier molecular flexibility index (Phi) is 5.41. The van der Waals surface area contributed by atoms with Crippen LogP contribution in [0, 0.1) is 3.57 Å². The van der Waals surface area contributed by atoms with E-state index in [2.05, 4.69) is 60.7 Å². The van der Waals surface area contributed by atoms with Crippen molar-refractivity contribution in [3.05, 3.63) is 43.3 Å². The molecule has 0 radical (unpaired) electrons. The summed E-state index contributed by atoms with van der Waals surface area (Å²) < 4.78 is 2.22. The van der Waals surface area contributed by atoms with Gasteiger partial charge in [-0.25, -0.2) is 9.97 Å². The molecule has 0 aliphatic carbocycles. The molecular weight excluding hydrogens is 440 g/mol. The van der Waals surface area contributed by atoms with E-state index < -0.39 is 0 Å². The van der Waals surface area contributed by atoms with Crippen molar-refractivity contribution in [2.75, 3.05) is 5.32 Å². The molecule has 0 aliphatic heterocycles. The van der Waals surface area contributed by atoms with Gasteiger partial charge < -0.3 is 5.32 Å². The minimum atomic E-state index is 0.518. The summed E-state index contributed by atoms with van der Waals surface area (Å²) in [5, 5.41) is 3.81. The fourth-order valence-corrected chi connectivity index (χ4v) is 2.62. The van der Waals surface area contributed by atoms with Crippen molar-refractivity contribution in [1.29, 1.82) is 0 Å². The Morgan fingerprint density at radius 2 is 2.16 bits per heavy atom. The normalized spacial score (nSPS) is 10.5. The van der Waals surface area contributed by atoms with E-state index in [0.717, 1.165) is 38.0 Å². The quantitative estimate of drug-likeness (QED) is 0.512. The van der Waals surface area contributed by atoms with Gasteiger partial charge in [-0.3, -0.25) is 0 Å². The first-order valence-electron chi connectivity index (χ1n) is 5.83. The third-order valence-corrected chi connectivity index (χ3v) is 5.24. The summed E-state index contributed by atoms with van der Waals surface area (Å²) >= 11 is 11.9. The SMILES string of the molecule is CCCc1c(Cl)ncnc1Nc1ccc(I)c(Br)c1. The largest absolute Gasteiger partial charge is 0.340 e. The van der Waals surface area contributed by atoms with Crippen LogP contribution in [-0.2, 0) is 6.42 Å². The smallest absolute Gasteiger partial charge is 0.138 e. The lowest BCUT2D eigenvalue weighted by Gasteiger charge is -2.11. The Hall–Kier alpha value is -0.400. The number of hydrogen-bond donors (Lipinski definition) is 1. The predicted octanol–water partition coefficient (Wildman–Crippen LogP) is 5.19. The number of nitrogens with one attached hydrogen (secondary N) is 1. The maximum Gasteiger partial charge on any atom is 0.138 e. The molecule has 3 nitrogen and oxygen atoms in total. The van der Waals surface area contributed by atoms with Gasteiger partial charge in [-0.2, -0.15) is 0 Å². The van der Waals surface area contributed by atoms with Crippen LogP contribution in [0.3, 0.4) is 0 Å². The van der Waals surface area contributed by atoms with Crippen LogP contribution in [0.2, 0.25) is 5.15 Å². The van der Waals surface area contributed by atoms with Gasteiger partial charge in [0.1, 0.15) is 17.3 Å². The Morgan fingerprint density at radius 3 is 2.84 bits per heavy atom. The summed E-state index contributed by atoms with van der Waals surface area (Å²) in [6, 6.07) is 6.07. The van der Waals surface area contributed by atoms with Crippen molar-refractivity contribution >= 4 is 61.6 Å². The molecule has 1 aromatic heterocycles. The Bertz CT molecular complexity index is 592. The molecule has 1 aromatic carbocycles. The van der Waals surface area contributed by atoms with Crippen LogP contribution in [0.1, 0.15) is 18.9 Å². The van der Waals surface area contributed by atoms with Crippen LogP contribution in [0.25, 0.3) is 0 Å². The van der Waals surface area contributed by atoms with Gasteiger partial charge in [0, 0.05) is 19.3 Å². The first-order chi connectivity index (χ1) is 9.11. The van der Waals surface area contributed by atoms with Gasteiger partial charge in [-0.05, 0) is 63.1 Å². The summed E-state index contributed by atoms with van der Waals surface area (Å²) in [4.78, 5) is 8.32. The topological polar surface area (TPSA) is 37.8 Å². The second-order valence-corrected chi connectivity index (χ2v) is 6.37. The zero-order chi connectivity index (χ0) is 13.8. The highest BCUT2D eigenvalue weighted by atomic mass is 127. The van der Waals surface area contributed by atoms with E-state index in [-0.39, 0.29) is 0 Å². The summed E-state index contributed by atoms with van der Waals surface area (Å²) in [5.74, 6) is 0.773. The van der Waals surface area contributed by atoms with E-state index >= 15 is 0 Å².